The summed E-state index contributed by atoms with van der Waals surface area (Å²) in [5, 5.41) is 7.54. The quantitative estimate of drug-likeness (QED) is 0.840. The Morgan fingerprint density at radius 2 is 2.30 bits per heavy atom. The molecule has 2 rings (SSSR count). The van der Waals surface area contributed by atoms with E-state index >= 15 is 0 Å². The lowest BCUT2D eigenvalue weighted by atomic mass is 10.1. The Bertz CT molecular complexity index is 468. The van der Waals surface area contributed by atoms with Gasteiger partial charge in [-0.2, -0.15) is 5.10 Å². The van der Waals surface area contributed by atoms with Gasteiger partial charge in [-0.1, -0.05) is 27.2 Å². The van der Waals surface area contributed by atoms with Crippen LogP contribution in [0.3, 0.4) is 0 Å². The molecule has 0 saturated heterocycles. The van der Waals surface area contributed by atoms with E-state index in [-0.39, 0.29) is 11.9 Å². The number of nitrogens with two attached hydrogens (primary N) is 1. The third-order valence-electron chi connectivity index (χ3n) is 3.67. The van der Waals surface area contributed by atoms with E-state index < -0.39 is 6.04 Å². The van der Waals surface area contributed by atoms with E-state index in [2.05, 4.69) is 29.2 Å². The summed E-state index contributed by atoms with van der Waals surface area (Å²) in [4.78, 5) is 16.5. The number of hydrogen-bond donors (Lipinski definition) is 2. The second-order valence-corrected chi connectivity index (χ2v) is 5.86. The summed E-state index contributed by atoms with van der Waals surface area (Å²) in [5.41, 5.74) is 5.84. The van der Waals surface area contributed by atoms with Crippen LogP contribution in [0.25, 0.3) is 0 Å². The summed E-state index contributed by atoms with van der Waals surface area (Å²) < 4.78 is 1.93. The van der Waals surface area contributed by atoms with Gasteiger partial charge in [0.25, 0.3) is 0 Å². The molecule has 6 nitrogen and oxygen atoms in total. The van der Waals surface area contributed by atoms with Crippen molar-refractivity contribution < 1.29 is 4.79 Å². The number of rotatable bonds is 5. The minimum atomic E-state index is -0.400. The predicted molar refractivity (Wildman–Crippen MR) is 77.2 cm³/mol. The summed E-state index contributed by atoms with van der Waals surface area (Å²) in [7, 11) is 0. The maximum atomic E-state index is 11.9. The van der Waals surface area contributed by atoms with Gasteiger partial charge in [-0.25, -0.2) is 9.67 Å². The van der Waals surface area contributed by atoms with Gasteiger partial charge in [-0.05, 0) is 12.8 Å². The summed E-state index contributed by atoms with van der Waals surface area (Å²) in [6, 6.07) is -0.289. The molecule has 0 aliphatic carbocycles. The van der Waals surface area contributed by atoms with Gasteiger partial charge in [0.2, 0.25) is 5.91 Å². The van der Waals surface area contributed by atoms with Crippen molar-refractivity contribution in [3.05, 3.63) is 11.6 Å². The third kappa shape index (κ3) is 3.36. The standard InChI is InChI=1S/C14H25N5O/c1-4-5-11(15)14(20)16-10-6-7-12-17-13(9(2)3)18-19(12)8-10/h9-11H,4-8,15H2,1-3H3,(H,16,20). The molecule has 1 aliphatic rings. The Morgan fingerprint density at radius 3 is 2.95 bits per heavy atom. The number of aryl methyl sites for hydroxylation is 1. The molecule has 1 amide bonds. The molecule has 3 N–H and O–H groups in total. The summed E-state index contributed by atoms with van der Waals surface area (Å²) in [6.45, 7) is 6.90. The molecule has 1 aromatic heterocycles. The highest BCUT2D eigenvalue weighted by atomic mass is 16.2. The number of aromatic nitrogens is 3. The monoisotopic (exact) mass is 279 g/mol. The fourth-order valence-electron chi connectivity index (χ4n) is 2.44. The first-order valence-corrected chi connectivity index (χ1v) is 7.50. The SMILES string of the molecule is CCCC(N)C(=O)NC1CCc2nc(C(C)C)nn2C1. The first kappa shape index (κ1) is 15.0. The Balaban J connectivity index is 1.95. The molecule has 0 bridgehead atoms. The van der Waals surface area contributed by atoms with Gasteiger partial charge in [-0.15, -0.1) is 0 Å². The molecule has 0 fully saturated rings. The van der Waals surface area contributed by atoms with Crippen molar-refractivity contribution in [1.29, 1.82) is 0 Å². The van der Waals surface area contributed by atoms with E-state index in [1.54, 1.807) is 0 Å². The minimum Gasteiger partial charge on any atom is -0.350 e. The lowest BCUT2D eigenvalue weighted by Gasteiger charge is -2.24. The maximum absolute atomic E-state index is 11.9. The van der Waals surface area contributed by atoms with Crippen molar-refractivity contribution in [2.45, 2.75) is 71.0 Å². The largest absolute Gasteiger partial charge is 0.350 e. The average molecular weight is 279 g/mol. The highest BCUT2D eigenvalue weighted by molar-refractivity contribution is 5.81. The molecule has 112 valence electrons. The number of nitrogens with zero attached hydrogens (tertiary/aromatic N) is 3. The lowest BCUT2D eigenvalue weighted by molar-refractivity contribution is -0.123. The number of carbonyl (C=O) groups excluding carboxylic acids is 1. The fourth-order valence-corrected chi connectivity index (χ4v) is 2.44. The normalized spacial score (nSPS) is 19.8. The van der Waals surface area contributed by atoms with Crippen LogP contribution in [-0.4, -0.2) is 32.8 Å². The molecular weight excluding hydrogens is 254 g/mol. The smallest absolute Gasteiger partial charge is 0.237 e. The van der Waals surface area contributed by atoms with Gasteiger partial charge in [-0.3, -0.25) is 4.79 Å². The van der Waals surface area contributed by atoms with Gasteiger partial charge in [0.1, 0.15) is 5.82 Å². The summed E-state index contributed by atoms with van der Waals surface area (Å²) >= 11 is 0. The molecule has 0 saturated carbocycles. The number of amides is 1. The average Bonchev–Trinajstić information content (AvgIpc) is 2.82. The first-order chi connectivity index (χ1) is 9.51. The number of carbonyl (C=O) groups is 1. The van der Waals surface area contributed by atoms with Crippen LogP contribution in [0.2, 0.25) is 0 Å². The molecule has 2 atom stereocenters. The molecule has 2 unspecified atom stereocenters. The van der Waals surface area contributed by atoms with E-state index in [0.29, 0.717) is 12.5 Å². The van der Waals surface area contributed by atoms with Gasteiger partial charge >= 0.3 is 0 Å². The van der Waals surface area contributed by atoms with E-state index in [4.69, 9.17) is 5.73 Å². The van der Waals surface area contributed by atoms with Gasteiger partial charge in [0.05, 0.1) is 12.6 Å². The van der Waals surface area contributed by atoms with Crippen LogP contribution in [0.15, 0.2) is 0 Å². The van der Waals surface area contributed by atoms with Crippen molar-refractivity contribution in [2.75, 3.05) is 0 Å². The topological polar surface area (TPSA) is 85.8 Å². The summed E-state index contributed by atoms with van der Waals surface area (Å²) in [5.74, 6) is 2.19. The number of nitrogens with one attached hydrogen (secondary N) is 1. The van der Waals surface area contributed by atoms with Crippen LogP contribution in [0.5, 0.6) is 0 Å². The van der Waals surface area contributed by atoms with Crippen molar-refractivity contribution >= 4 is 5.91 Å². The first-order valence-electron chi connectivity index (χ1n) is 7.50. The molecular formula is C14H25N5O. The van der Waals surface area contributed by atoms with Gasteiger partial charge in [0.15, 0.2) is 5.82 Å². The van der Waals surface area contributed by atoms with Crippen molar-refractivity contribution in [3.8, 4) is 0 Å². The molecule has 6 heteroatoms. The number of fused-ring (bicyclic) bond motifs is 1. The van der Waals surface area contributed by atoms with Crippen LogP contribution in [0, 0.1) is 0 Å². The Kier molecular flexibility index (Phi) is 4.75. The van der Waals surface area contributed by atoms with E-state index in [1.807, 2.05) is 11.6 Å². The third-order valence-corrected chi connectivity index (χ3v) is 3.67. The fraction of sp³-hybridized carbons (Fsp3) is 0.786. The predicted octanol–water partition coefficient (Wildman–Crippen LogP) is 0.960. The Morgan fingerprint density at radius 1 is 1.55 bits per heavy atom. The van der Waals surface area contributed by atoms with Crippen LogP contribution in [-0.2, 0) is 17.8 Å². The van der Waals surface area contributed by atoms with Crippen LogP contribution in [0.1, 0.15) is 57.6 Å². The zero-order valence-electron chi connectivity index (χ0n) is 12.6. The molecule has 0 radical (unpaired) electrons. The van der Waals surface area contributed by atoms with Crippen LogP contribution >= 0.6 is 0 Å². The second kappa shape index (κ2) is 6.35. The Hall–Kier alpha value is -1.43. The van der Waals surface area contributed by atoms with Crippen LogP contribution < -0.4 is 11.1 Å². The zero-order chi connectivity index (χ0) is 14.7. The minimum absolute atomic E-state index is 0.0514. The van der Waals surface area contributed by atoms with E-state index in [9.17, 15) is 4.79 Å². The Labute approximate surface area is 120 Å². The van der Waals surface area contributed by atoms with Gasteiger partial charge in [0, 0.05) is 18.4 Å². The van der Waals surface area contributed by atoms with Crippen molar-refractivity contribution in [2.24, 2.45) is 5.73 Å². The highest BCUT2D eigenvalue weighted by Gasteiger charge is 2.24. The molecule has 0 spiro atoms. The van der Waals surface area contributed by atoms with Crippen LogP contribution in [0.4, 0.5) is 0 Å². The van der Waals surface area contributed by atoms with E-state index in [0.717, 1.165) is 37.3 Å². The molecule has 2 heterocycles. The molecule has 1 aromatic rings. The molecule has 0 aromatic carbocycles. The zero-order valence-corrected chi connectivity index (χ0v) is 12.6. The van der Waals surface area contributed by atoms with Crippen molar-refractivity contribution in [1.82, 2.24) is 20.1 Å². The van der Waals surface area contributed by atoms with Crippen molar-refractivity contribution in [3.63, 3.8) is 0 Å². The lowest BCUT2D eigenvalue weighted by Crippen LogP contribution is -2.48. The highest BCUT2D eigenvalue weighted by Crippen LogP contribution is 2.17. The molecule has 20 heavy (non-hydrogen) atoms. The number of hydrogen-bond acceptors (Lipinski definition) is 4. The summed E-state index contributed by atoms with van der Waals surface area (Å²) in [6.07, 6.45) is 3.41. The molecule has 1 aliphatic heterocycles. The van der Waals surface area contributed by atoms with Gasteiger partial charge < -0.3 is 11.1 Å². The second-order valence-electron chi connectivity index (χ2n) is 5.86. The van der Waals surface area contributed by atoms with E-state index in [1.165, 1.54) is 0 Å². The maximum Gasteiger partial charge on any atom is 0.237 e.